The molecule has 1 aliphatic heterocycles. The van der Waals surface area contributed by atoms with Crippen molar-refractivity contribution >= 4 is 44.4 Å². The van der Waals surface area contributed by atoms with Gasteiger partial charge in [-0.25, -0.2) is 9.98 Å². The topological polar surface area (TPSA) is 49.9 Å². The summed E-state index contributed by atoms with van der Waals surface area (Å²) in [6, 6.07) is 65.9. The van der Waals surface area contributed by atoms with E-state index in [9.17, 15) is 0 Å². The van der Waals surface area contributed by atoms with E-state index in [1.165, 1.54) is 33.0 Å². The molecule has 1 unspecified atom stereocenters. The number of aliphatic imine (C=N–C) groups is 2. The third kappa shape index (κ3) is 5.77. The largest absolute Gasteiger partial charge is 0.456 e. The van der Waals surface area contributed by atoms with E-state index in [0.29, 0.717) is 5.84 Å². The van der Waals surface area contributed by atoms with Gasteiger partial charge in [-0.3, -0.25) is 0 Å². The molecule has 250 valence electrons. The van der Waals surface area contributed by atoms with Crippen molar-refractivity contribution in [2.75, 3.05) is 0 Å². The van der Waals surface area contributed by atoms with E-state index >= 15 is 0 Å². The molecule has 4 nitrogen and oxygen atoms in total. The van der Waals surface area contributed by atoms with Crippen LogP contribution in [-0.2, 0) is 0 Å². The lowest BCUT2D eigenvalue weighted by molar-refractivity contribution is 0.668. The van der Waals surface area contributed by atoms with E-state index in [1.54, 1.807) is 0 Å². The molecule has 53 heavy (non-hydrogen) atoms. The van der Waals surface area contributed by atoms with Gasteiger partial charge >= 0.3 is 0 Å². The molecular weight excluding hydrogens is 647 g/mol. The molecule has 10 rings (SSSR count). The van der Waals surface area contributed by atoms with Gasteiger partial charge in [0.25, 0.3) is 0 Å². The number of rotatable bonds is 6. The molecule has 0 spiro atoms. The Morgan fingerprint density at radius 3 is 1.68 bits per heavy atom. The van der Waals surface area contributed by atoms with E-state index in [4.69, 9.17) is 14.4 Å². The Bertz CT molecular complexity index is 2840. The molecule has 1 aliphatic rings. The number of nitrogens with zero attached hydrogens (tertiary/aromatic N) is 2. The fourth-order valence-corrected chi connectivity index (χ4v) is 7.40. The van der Waals surface area contributed by atoms with Crippen molar-refractivity contribution in [3.8, 4) is 33.4 Å². The van der Waals surface area contributed by atoms with Crippen LogP contribution >= 0.6 is 0 Å². The van der Waals surface area contributed by atoms with Crippen LogP contribution in [0.15, 0.2) is 202 Å². The Morgan fingerprint density at radius 2 is 1.00 bits per heavy atom. The highest BCUT2D eigenvalue weighted by atomic mass is 16.3. The number of benzene rings is 8. The number of furan rings is 1. The Labute approximate surface area is 307 Å². The standard InChI is InChI=1S/C49H33N3O/c1-4-11-32(12-5-1)38-25-23-35-24-26-39(30-41(35)29-38)33-19-21-34(22-20-33)40-27-28-44-43(31-40)46-42(17-10-18-45(46)53-44)49-51-47(36-13-6-2-7-14-36)50-48(52-49)37-15-8-3-9-16-37/h1-31,47H,(H,50,51,52). The van der Waals surface area contributed by atoms with Gasteiger partial charge in [-0.15, -0.1) is 0 Å². The van der Waals surface area contributed by atoms with Gasteiger partial charge in [0.15, 0.2) is 5.84 Å². The summed E-state index contributed by atoms with van der Waals surface area (Å²) in [7, 11) is 0. The van der Waals surface area contributed by atoms with Crippen LogP contribution in [0.5, 0.6) is 0 Å². The maximum absolute atomic E-state index is 6.43. The summed E-state index contributed by atoms with van der Waals surface area (Å²) in [5.74, 6) is 1.46. The highest BCUT2D eigenvalue weighted by Crippen LogP contribution is 2.36. The molecule has 9 aromatic rings. The predicted molar refractivity (Wildman–Crippen MR) is 219 cm³/mol. The molecule has 1 atom stereocenters. The lowest BCUT2D eigenvalue weighted by Crippen LogP contribution is -2.33. The fourth-order valence-electron chi connectivity index (χ4n) is 7.40. The third-order valence-corrected chi connectivity index (χ3v) is 10.1. The molecule has 1 N–H and O–H groups in total. The minimum absolute atomic E-state index is 0.282. The summed E-state index contributed by atoms with van der Waals surface area (Å²) in [5, 5.41) is 8.18. The van der Waals surface area contributed by atoms with Gasteiger partial charge in [-0.2, -0.15) is 0 Å². The van der Waals surface area contributed by atoms with Crippen LogP contribution in [0.25, 0.3) is 66.1 Å². The van der Waals surface area contributed by atoms with Crippen molar-refractivity contribution in [2.45, 2.75) is 6.17 Å². The first-order valence-corrected chi connectivity index (χ1v) is 17.9. The average molecular weight is 680 g/mol. The first kappa shape index (κ1) is 30.8. The number of hydrogen-bond donors (Lipinski definition) is 1. The summed E-state index contributed by atoms with van der Waals surface area (Å²) >= 11 is 0. The molecule has 0 radical (unpaired) electrons. The average Bonchev–Trinajstić information content (AvgIpc) is 3.62. The summed E-state index contributed by atoms with van der Waals surface area (Å²) in [6.07, 6.45) is -0.282. The van der Waals surface area contributed by atoms with Crippen molar-refractivity contribution in [1.29, 1.82) is 0 Å². The van der Waals surface area contributed by atoms with Gasteiger partial charge in [0.2, 0.25) is 0 Å². The second-order valence-corrected chi connectivity index (χ2v) is 13.4. The molecule has 0 aliphatic carbocycles. The van der Waals surface area contributed by atoms with E-state index in [2.05, 4.69) is 145 Å². The Hall–Kier alpha value is -7.04. The fraction of sp³-hybridized carbons (Fsp3) is 0.0204. The Morgan fingerprint density at radius 1 is 0.434 bits per heavy atom. The lowest BCUT2D eigenvalue weighted by atomic mass is 9.96. The molecule has 0 fully saturated rings. The highest BCUT2D eigenvalue weighted by molar-refractivity contribution is 6.22. The number of hydrogen-bond acceptors (Lipinski definition) is 4. The first-order valence-electron chi connectivity index (χ1n) is 17.9. The SMILES string of the molecule is c1ccc(C2=NC(c3ccccc3)NC(c3cccc4oc5ccc(-c6ccc(-c7ccc8ccc(-c9ccccc9)cc8c7)cc6)cc5c34)=N2)cc1. The number of fused-ring (bicyclic) bond motifs is 4. The van der Waals surface area contributed by atoms with Crippen molar-refractivity contribution < 1.29 is 4.42 Å². The second-order valence-electron chi connectivity index (χ2n) is 13.4. The maximum atomic E-state index is 6.43. The van der Waals surface area contributed by atoms with E-state index in [0.717, 1.165) is 55.6 Å². The smallest absolute Gasteiger partial charge is 0.159 e. The zero-order valence-electron chi connectivity index (χ0n) is 28.8. The summed E-state index contributed by atoms with van der Waals surface area (Å²) < 4.78 is 6.43. The molecule has 0 bridgehead atoms. The van der Waals surface area contributed by atoms with E-state index in [-0.39, 0.29) is 6.17 Å². The van der Waals surface area contributed by atoms with Gasteiger partial charge in [-0.05, 0) is 80.0 Å². The molecule has 0 saturated carbocycles. The van der Waals surface area contributed by atoms with Crippen molar-refractivity contribution in [2.24, 2.45) is 9.98 Å². The van der Waals surface area contributed by atoms with Gasteiger partial charge in [-0.1, -0.05) is 158 Å². The van der Waals surface area contributed by atoms with Crippen molar-refractivity contribution in [3.63, 3.8) is 0 Å². The number of amidine groups is 2. The van der Waals surface area contributed by atoms with Crippen molar-refractivity contribution in [3.05, 3.63) is 205 Å². The van der Waals surface area contributed by atoms with Gasteiger partial charge in [0.05, 0.1) is 0 Å². The minimum Gasteiger partial charge on any atom is -0.456 e. The van der Waals surface area contributed by atoms with Gasteiger partial charge in [0.1, 0.15) is 23.2 Å². The van der Waals surface area contributed by atoms with Crippen LogP contribution in [0.1, 0.15) is 22.9 Å². The van der Waals surface area contributed by atoms with Crippen LogP contribution in [-0.4, -0.2) is 11.7 Å². The lowest BCUT2D eigenvalue weighted by Gasteiger charge is -2.24. The monoisotopic (exact) mass is 679 g/mol. The molecule has 1 aromatic heterocycles. The molecule has 2 heterocycles. The molecule has 4 heteroatoms. The zero-order chi connectivity index (χ0) is 35.1. The highest BCUT2D eigenvalue weighted by Gasteiger charge is 2.24. The van der Waals surface area contributed by atoms with Crippen molar-refractivity contribution in [1.82, 2.24) is 5.32 Å². The first-order chi connectivity index (χ1) is 26.2. The predicted octanol–water partition coefficient (Wildman–Crippen LogP) is 12.2. The van der Waals surface area contributed by atoms with Gasteiger partial charge in [0, 0.05) is 21.9 Å². The zero-order valence-corrected chi connectivity index (χ0v) is 28.8. The summed E-state index contributed by atoms with van der Waals surface area (Å²) in [4.78, 5) is 10.1. The maximum Gasteiger partial charge on any atom is 0.159 e. The molecule has 8 aromatic carbocycles. The van der Waals surface area contributed by atoms with Crippen LogP contribution < -0.4 is 5.32 Å². The van der Waals surface area contributed by atoms with Gasteiger partial charge < -0.3 is 9.73 Å². The quantitative estimate of drug-likeness (QED) is 0.190. The normalized spacial score (nSPS) is 14.2. The Kier molecular flexibility index (Phi) is 7.51. The van der Waals surface area contributed by atoms with Crippen LogP contribution in [0, 0.1) is 0 Å². The summed E-state index contributed by atoms with van der Waals surface area (Å²) in [6.45, 7) is 0. The second kappa shape index (κ2) is 12.9. The molecular formula is C49H33N3O. The molecule has 0 amide bonds. The third-order valence-electron chi connectivity index (χ3n) is 10.1. The van der Waals surface area contributed by atoms with Crippen LogP contribution in [0.3, 0.4) is 0 Å². The Balaban J connectivity index is 1.01. The minimum atomic E-state index is -0.282. The molecule has 0 saturated heterocycles. The van der Waals surface area contributed by atoms with Crippen LogP contribution in [0.4, 0.5) is 0 Å². The van der Waals surface area contributed by atoms with E-state index < -0.39 is 0 Å². The van der Waals surface area contributed by atoms with Crippen LogP contribution in [0.2, 0.25) is 0 Å². The summed E-state index contributed by atoms with van der Waals surface area (Å²) in [5.41, 5.74) is 11.8. The number of nitrogens with one attached hydrogen (secondary N) is 1. The van der Waals surface area contributed by atoms with E-state index in [1.807, 2.05) is 48.5 Å².